The van der Waals surface area contributed by atoms with Crippen molar-refractivity contribution < 1.29 is 14.0 Å². The number of rotatable bonds is 3. The van der Waals surface area contributed by atoms with E-state index in [-0.39, 0.29) is 24.0 Å². The van der Waals surface area contributed by atoms with Gasteiger partial charge in [0.1, 0.15) is 12.1 Å². The summed E-state index contributed by atoms with van der Waals surface area (Å²) in [5.41, 5.74) is 1.21. The molecule has 19 heavy (non-hydrogen) atoms. The van der Waals surface area contributed by atoms with Gasteiger partial charge in [0.2, 0.25) is 5.91 Å². The zero-order valence-corrected chi connectivity index (χ0v) is 11.1. The quantitative estimate of drug-likeness (QED) is 0.784. The maximum atomic E-state index is 14.3. The molecule has 0 atom stereocenters. The molecule has 1 amide bonds. The molecule has 1 aliphatic heterocycles. The van der Waals surface area contributed by atoms with Gasteiger partial charge in [-0.2, -0.15) is 0 Å². The summed E-state index contributed by atoms with van der Waals surface area (Å²) in [5.74, 6) is -0.160. The first-order chi connectivity index (χ1) is 8.96. The topological polar surface area (TPSA) is 37.4 Å². The van der Waals surface area contributed by atoms with E-state index in [0.29, 0.717) is 17.8 Å². The van der Waals surface area contributed by atoms with Gasteiger partial charge in [0.25, 0.3) is 0 Å². The third-order valence-corrected chi connectivity index (χ3v) is 4.11. The number of amides is 1. The number of carbonyl (C=O) groups excluding carboxylic acids is 2. The van der Waals surface area contributed by atoms with Gasteiger partial charge < -0.3 is 9.69 Å². The number of benzene rings is 1. The van der Waals surface area contributed by atoms with Gasteiger partial charge in [-0.15, -0.1) is 0 Å². The van der Waals surface area contributed by atoms with E-state index < -0.39 is 5.41 Å². The molecule has 1 aromatic carbocycles. The Morgan fingerprint density at radius 2 is 2.11 bits per heavy atom. The molecule has 0 spiro atoms. The Morgan fingerprint density at radius 1 is 1.42 bits per heavy atom. The second-order valence-electron chi connectivity index (χ2n) is 5.88. The van der Waals surface area contributed by atoms with E-state index in [4.69, 9.17) is 0 Å². The lowest BCUT2D eigenvalue weighted by Gasteiger charge is -2.18. The Kier molecular flexibility index (Phi) is 2.52. The maximum Gasteiger partial charge on any atom is 0.237 e. The number of halogens is 1. The number of nitrogens with zero attached hydrogens (tertiary/aromatic N) is 1. The van der Waals surface area contributed by atoms with Gasteiger partial charge in [0.15, 0.2) is 0 Å². The van der Waals surface area contributed by atoms with Crippen molar-refractivity contribution in [3.63, 3.8) is 0 Å². The van der Waals surface area contributed by atoms with Crippen molar-refractivity contribution in [3.8, 4) is 0 Å². The zero-order valence-electron chi connectivity index (χ0n) is 11.1. The van der Waals surface area contributed by atoms with Gasteiger partial charge in [-0.3, -0.25) is 4.79 Å². The van der Waals surface area contributed by atoms with Crippen molar-refractivity contribution >= 4 is 17.9 Å². The van der Waals surface area contributed by atoms with Crippen LogP contribution in [0.1, 0.15) is 43.7 Å². The van der Waals surface area contributed by atoms with Gasteiger partial charge >= 0.3 is 0 Å². The van der Waals surface area contributed by atoms with Crippen molar-refractivity contribution in [2.45, 2.75) is 38.0 Å². The van der Waals surface area contributed by atoms with Crippen molar-refractivity contribution in [2.75, 3.05) is 11.4 Å². The first-order valence-electron chi connectivity index (χ1n) is 6.56. The molecule has 1 heterocycles. The zero-order chi connectivity index (χ0) is 13.8. The standard InChI is InChI=1S/C15H16FNO2/c1-15(2)11-7-10(9-3-4-9)8-12(16)13(11)17(5-6-18)14(15)19/h6-9H,3-5H2,1-2H3. The van der Waals surface area contributed by atoms with Gasteiger partial charge in [-0.1, -0.05) is 6.07 Å². The summed E-state index contributed by atoms with van der Waals surface area (Å²) in [5, 5.41) is 0. The molecule has 3 nitrogen and oxygen atoms in total. The van der Waals surface area contributed by atoms with Crippen LogP contribution in [0.5, 0.6) is 0 Å². The fraction of sp³-hybridized carbons (Fsp3) is 0.467. The van der Waals surface area contributed by atoms with Crippen molar-refractivity contribution in [3.05, 3.63) is 29.1 Å². The van der Waals surface area contributed by atoms with Crippen LogP contribution in [0.25, 0.3) is 0 Å². The smallest absolute Gasteiger partial charge is 0.237 e. The Morgan fingerprint density at radius 3 is 2.68 bits per heavy atom. The number of fused-ring (bicyclic) bond motifs is 1. The van der Waals surface area contributed by atoms with Crippen LogP contribution in [0.2, 0.25) is 0 Å². The van der Waals surface area contributed by atoms with Crippen molar-refractivity contribution in [1.29, 1.82) is 0 Å². The number of hydrogen-bond donors (Lipinski definition) is 0. The second kappa shape index (κ2) is 3.89. The first kappa shape index (κ1) is 12.3. The van der Waals surface area contributed by atoms with Crippen LogP contribution < -0.4 is 4.90 Å². The Hall–Kier alpha value is -1.71. The fourth-order valence-electron chi connectivity index (χ4n) is 2.83. The van der Waals surface area contributed by atoms with Gasteiger partial charge in [-0.05, 0) is 49.8 Å². The van der Waals surface area contributed by atoms with Crippen LogP contribution in [-0.2, 0) is 15.0 Å². The molecular formula is C15H16FNO2. The molecule has 0 unspecified atom stereocenters. The molecule has 0 bridgehead atoms. The Balaban J connectivity index is 2.18. The first-order valence-corrected chi connectivity index (χ1v) is 6.56. The highest BCUT2D eigenvalue weighted by molar-refractivity contribution is 6.09. The predicted molar refractivity (Wildman–Crippen MR) is 69.8 cm³/mol. The maximum absolute atomic E-state index is 14.3. The highest BCUT2D eigenvalue weighted by Crippen LogP contribution is 2.47. The molecular weight excluding hydrogens is 245 g/mol. The summed E-state index contributed by atoms with van der Waals surface area (Å²) >= 11 is 0. The largest absolute Gasteiger partial charge is 0.301 e. The molecule has 0 radical (unpaired) electrons. The molecule has 1 aliphatic carbocycles. The molecule has 100 valence electrons. The van der Waals surface area contributed by atoms with E-state index in [1.165, 1.54) is 11.0 Å². The highest BCUT2D eigenvalue weighted by atomic mass is 19.1. The summed E-state index contributed by atoms with van der Waals surface area (Å²) in [7, 11) is 0. The minimum absolute atomic E-state index is 0.0883. The minimum Gasteiger partial charge on any atom is -0.301 e. The average molecular weight is 261 g/mol. The van der Waals surface area contributed by atoms with Crippen molar-refractivity contribution in [2.24, 2.45) is 0 Å². The lowest BCUT2D eigenvalue weighted by molar-refractivity contribution is -0.123. The normalized spacial score (nSPS) is 20.6. The Labute approximate surface area is 111 Å². The van der Waals surface area contributed by atoms with E-state index in [9.17, 15) is 14.0 Å². The lowest BCUT2D eigenvalue weighted by Crippen LogP contribution is -2.37. The van der Waals surface area contributed by atoms with Crippen molar-refractivity contribution in [1.82, 2.24) is 0 Å². The molecule has 1 saturated carbocycles. The summed E-state index contributed by atoms with van der Waals surface area (Å²) in [4.78, 5) is 24.3. The third kappa shape index (κ3) is 1.70. The van der Waals surface area contributed by atoms with E-state index in [1.807, 2.05) is 6.07 Å². The third-order valence-electron chi connectivity index (χ3n) is 4.11. The van der Waals surface area contributed by atoms with E-state index >= 15 is 0 Å². The molecule has 0 N–H and O–H groups in total. The number of hydrogen-bond acceptors (Lipinski definition) is 2. The van der Waals surface area contributed by atoms with Gasteiger partial charge in [0, 0.05) is 0 Å². The Bertz CT molecular complexity index is 576. The molecule has 2 aliphatic rings. The SMILES string of the molecule is CC1(C)C(=O)N(CC=O)c2c(F)cc(C3CC3)cc21. The van der Waals surface area contributed by atoms with Crippen LogP contribution in [0.3, 0.4) is 0 Å². The summed E-state index contributed by atoms with van der Waals surface area (Å²) in [6, 6.07) is 3.46. The molecule has 1 fully saturated rings. The second-order valence-corrected chi connectivity index (χ2v) is 5.88. The van der Waals surface area contributed by atoms with Crippen LogP contribution >= 0.6 is 0 Å². The predicted octanol–water partition coefficient (Wildman–Crippen LogP) is 2.53. The average Bonchev–Trinajstić information content (AvgIpc) is 3.16. The summed E-state index contributed by atoms with van der Waals surface area (Å²) in [6.07, 6.45) is 2.81. The lowest BCUT2D eigenvalue weighted by atomic mass is 9.85. The molecule has 3 rings (SSSR count). The summed E-state index contributed by atoms with van der Waals surface area (Å²) in [6.45, 7) is 3.49. The van der Waals surface area contributed by atoms with Crippen LogP contribution in [0, 0.1) is 5.82 Å². The number of carbonyl (C=O) groups is 2. The summed E-state index contributed by atoms with van der Waals surface area (Å²) < 4.78 is 14.3. The van der Waals surface area contributed by atoms with E-state index in [1.54, 1.807) is 13.8 Å². The molecule has 4 heteroatoms. The molecule has 0 aromatic heterocycles. The minimum atomic E-state index is -0.760. The number of anilines is 1. The highest BCUT2D eigenvalue weighted by Gasteiger charge is 2.46. The van der Waals surface area contributed by atoms with E-state index in [0.717, 1.165) is 18.4 Å². The monoisotopic (exact) mass is 261 g/mol. The number of aldehydes is 1. The van der Waals surface area contributed by atoms with E-state index in [2.05, 4.69) is 0 Å². The van der Waals surface area contributed by atoms with Gasteiger partial charge in [0.05, 0.1) is 17.6 Å². The molecule has 1 aromatic rings. The fourth-order valence-corrected chi connectivity index (χ4v) is 2.83. The van der Waals surface area contributed by atoms with Crippen LogP contribution in [0.15, 0.2) is 12.1 Å². The molecule has 0 saturated heterocycles. The van der Waals surface area contributed by atoms with Gasteiger partial charge in [-0.25, -0.2) is 4.39 Å². The van der Waals surface area contributed by atoms with Crippen LogP contribution in [-0.4, -0.2) is 18.7 Å². The van der Waals surface area contributed by atoms with Crippen LogP contribution in [0.4, 0.5) is 10.1 Å².